The first-order valence-corrected chi connectivity index (χ1v) is 8.77. The van der Waals surface area contributed by atoms with Gasteiger partial charge in [0.1, 0.15) is 5.65 Å². The van der Waals surface area contributed by atoms with E-state index < -0.39 is 0 Å². The summed E-state index contributed by atoms with van der Waals surface area (Å²) in [6.07, 6.45) is 2.95. The van der Waals surface area contributed by atoms with Crippen LogP contribution in [0, 0.1) is 6.92 Å². The van der Waals surface area contributed by atoms with Crippen molar-refractivity contribution in [2.75, 3.05) is 0 Å². The second-order valence-electron chi connectivity index (χ2n) is 6.01. The summed E-state index contributed by atoms with van der Waals surface area (Å²) in [7, 11) is 0. The van der Waals surface area contributed by atoms with Crippen molar-refractivity contribution >= 4 is 21.6 Å². The molecule has 0 aliphatic rings. The quantitative estimate of drug-likeness (QED) is 0.450. The Morgan fingerprint density at radius 2 is 1.79 bits per heavy atom. The average Bonchev–Trinajstić information content (AvgIpc) is 2.94. The number of rotatable bonds is 3. The molecule has 2 aromatic carbocycles. The van der Waals surface area contributed by atoms with Crippen molar-refractivity contribution in [3.05, 3.63) is 94.2 Å². The van der Waals surface area contributed by atoms with Gasteiger partial charge in [-0.05, 0) is 36.8 Å². The molecule has 0 saturated carbocycles. The molecule has 3 heteroatoms. The molecule has 24 heavy (non-hydrogen) atoms. The van der Waals surface area contributed by atoms with Crippen molar-refractivity contribution in [1.29, 1.82) is 0 Å². The van der Waals surface area contributed by atoms with E-state index in [0.717, 1.165) is 27.8 Å². The number of pyridine rings is 1. The molecule has 0 fully saturated rings. The highest BCUT2D eigenvalue weighted by molar-refractivity contribution is 9.10. The zero-order valence-electron chi connectivity index (χ0n) is 13.4. The fourth-order valence-corrected chi connectivity index (χ4v) is 3.33. The number of fused-ring (bicyclic) bond motifs is 1. The molecule has 0 aliphatic heterocycles. The summed E-state index contributed by atoms with van der Waals surface area (Å²) in [5.41, 5.74) is 6.99. The van der Waals surface area contributed by atoms with E-state index in [1.807, 2.05) is 6.07 Å². The molecule has 0 radical (unpaired) electrons. The first-order valence-electron chi connectivity index (χ1n) is 7.98. The van der Waals surface area contributed by atoms with Crippen LogP contribution in [-0.2, 0) is 6.42 Å². The summed E-state index contributed by atoms with van der Waals surface area (Å²) in [5.74, 6) is 0. The average molecular weight is 377 g/mol. The van der Waals surface area contributed by atoms with Crippen molar-refractivity contribution in [3.63, 3.8) is 0 Å². The van der Waals surface area contributed by atoms with Gasteiger partial charge in [-0.3, -0.25) is 0 Å². The molecule has 4 aromatic rings. The van der Waals surface area contributed by atoms with E-state index in [2.05, 4.69) is 94.1 Å². The van der Waals surface area contributed by atoms with Crippen LogP contribution in [0.4, 0.5) is 0 Å². The lowest BCUT2D eigenvalue weighted by atomic mass is 10.0. The summed E-state index contributed by atoms with van der Waals surface area (Å²) in [6.45, 7) is 2.13. The third-order valence-electron chi connectivity index (χ3n) is 4.20. The maximum absolute atomic E-state index is 4.88. The first kappa shape index (κ1) is 15.2. The molecule has 0 N–H and O–H groups in total. The van der Waals surface area contributed by atoms with Crippen LogP contribution in [0.2, 0.25) is 0 Å². The maximum Gasteiger partial charge on any atom is 0.137 e. The Kier molecular flexibility index (Phi) is 3.95. The topological polar surface area (TPSA) is 17.3 Å². The number of hydrogen-bond acceptors (Lipinski definition) is 1. The van der Waals surface area contributed by atoms with Crippen LogP contribution < -0.4 is 0 Å². The largest absolute Gasteiger partial charge is 0.303 e. The number of imidazole rings is 1. The normalized spacial score (nSPS) is 11.1. The van der Waals surface area contributed by atoms with Gasteiger partial charge in [0.05, 0.1) is 11.4 Å². The standard InChI is InChI=1S/C21H17BrN2/c1-15-5-4-6-16(13-15)14-19-21(17-8-10-18(22)11-9-17)23-20-7-2-3-12-24(19)20/h2-13H,14H2,1H3. The van der Waals surface area contributed by atoms with Crippen LogP contribution >= 0.6 is 15.9 Å². The predicted molar refractivity (Wildman–Crippen MR) is 102 cm³/mol. The van der Waals surface area contributed by atoms with E-state index in [0.29, 0.717) is 0 Å². The first-order chi connectivity index (χ1) is 11.7. The SMILES string of the molecule is Cc1cccc(Cc2c(-c3ccc(Br)cc3)nc3ccccn23)c1. The Balaban J connectivity index is 1.88. The van der Waals surface area contributed by atoms with E-state index in [9.17, 15) is 0 Å². The Hall–Kier alpha value is -2.39. The van der Waals surface area contributed by atoms with E-state index in [1.165, 1.54) is 16.8 Å². The van der Waals surface area contributed by atoms with Crippen LogP contribution in [0.1, 0.15) is 16.8 Å². The Labute approximate surface area is 149 Å². The highest BCUT2D eigenvalue weighted by Crippen LogP contribution is 2.27. The van der Waals surface area contributed by atoms with Gasteiger partial charge in [-0.2, -0.15) is 0 Å². The third kappa shape index (κ3) is 2.87. The summed E-state index contributed by atoms with van der Waals surface area (Å²) in [6, 6.07) is 23.2. The highest BCUT2D eigenvalue weighted by atomic mass is 79.9. The molecule has 0 spiro atoms. The summed E-state index contributed by atoms with van der Waals surface area (Å²) in [4.78, 5) is 4.88. The number of nitrogens with zero attached hydrogens (tertiary/aromatic N) is 2. The van der Waals surface area contributed by atoms with Crippen LogP contribution in [0.15, 0.2) is 77.4 Å². The number of aromatic nitrogens is 2. The molecule has 0 saturated heterocycles. The van der Waals surface area contributed by atoms with E-state index in [1.54, 1.807) is 0 Å². The van der Waals surface area contributed by atoms with Crippen molar-refractivity contribution in [2.45, 2.75) is 13.3 Å². The van der Waals surface area contributed by atoms with Crippen LogP contribution in [-0.4, -0.2) is 9.38 Å². The van der Waals surface area contributed by atoms with Gasteiger partial charge in [-0.1, -0.05) is 64.0 Å². The minimum atomic E-state index is 0.859. The third-order valence-corrected chi connectivity index (χ3v) is 4.73. The fourth-order valence-electron chi connectivity index (χ4n) is 3.07. The van der Waals surface area contributed by atoms with Gasteiger partial charge in [0.15, 0.2) is 0 Å². The molecular weight excluding hydrogens is 360 g/mol. The minimum Gasteiger partial charge on any atom is -0.303 e. The monoisotopic (exact) mass is 376 g/mol. The van der Waals surface area contributed by atoms with Crippen LogP contribution in [0.25, 0.3) is 16.9 Å². The smallest absolute Gasteiger partial charge is 0.137 e. The molecule has 0 atom stereocenters. The van der Waals surface area contributed by atoms with Crippen molar-refractivity contribution in [1.82, 2.24) is 9.38 Å². The highest BCUT2D eigenvalue weighted by Gasteiger charge is 2.14. The molecule has 0 amide bonds. The summed E-state index contributed by atoms with van der Waals surface area (Å²) < 4.78 is 3.27. The molecular formula is C21H17BrN2. The molecule has 2 heterocycles. The number of halogens is 1. The molecule has 2 aromatic heterocycles. The van der Waals surface area contributed by atoms with Crippen molar-refractivity contribution in [2.24, 2.45) is 0 Å². The minimum absolute atomic E-state index is 0.859. The molecule has 0 aliphatic carbocycles. The number of aryl methyl sites for hydroxylation is 1. The lowest BCUT2D eigenvalue weighted by Gasteiger charge is -2.07. The summed E-state index contributed by atoms with van der Waals surface area (Å²) >= 11 is 3.51. The maximum atomic E-state index is 4.88. The lowest BCUT2D eigenvalue weighted by molar-refractivity contribution is 1.03. The van der Waals surface area contributed by atoms with E-state index in [4.69, 9.17) is 4.98 Å². The molecule has 118 valence electrons. The molecule has 0 unspecified atom stereocenters. The van der Waals surface area contributed by atoms with Gasteiger partial charge in [0, 0.05) is 22.7 Å². The summed E-state index contributed by atoms with van der Waals surface area (Å²) in [5, 5.41) is 0. The Bertz CT molecular complexity index is 1000. The molecule has 2 nitrogen and oxygen atoms in total. The van der Waals surface area contributed by atoms with Crippen molar-refractivity contribution < 1.29 is 0 Å². The molecule has 0 bridgehead atoms. The Morgan fingerprint density at radius 3 is 2.58 bits per heavy atom. The second kappa shape index (κ2) is 6.25. The van der Waals surface area contributed by atoms with Gasteiger partial charge < -0.3 is 4.40 Å². The van der Waals surface area contributed by atoms with E-state index >= 15 is 0 Å². The van der Waals surface area contributed by atoms with E-state index in [-0.39, 0.29) is 0 Å². The zero-order chi connectivity index (χ0) is 16.5. The fraction of sp³-hybridized carbons (Fsp3) is 0.0952. The number of hydrogen-bond donors (Lipinski definition) is 0. The number of benzene rings is 2. The van der Waals surface area contributed by atoms with Crippen LogP contribution in [0.5, 0.6) is 0 Å². The van der Waals surface area contributed by atoms with Gasteiger partial charge >= 0.3 is 0 Å². The van der Waals surface area contributed by atoms with Gasteiger partial charge in [0.2, 0.25) is 0 Å². The zero-order valence-corrected chi connectivity index (χ0v) is 15.0. The lowest BCUT2D eigenvalue weighted by Crippen LogP contribution is -1.96. The van der Waals surface area contributed by atoms with Gasteiger partial charge in [-0.15, -0.1) is 0 Å². The van der Waals surface area contributed by atoms with Gasteiger partial charge in [0.25, 0.3) is 0 Å². The van der Waals surface area contributed by atoms with Crippen LogP contribution in [0.3, 0.4) is 0 Å². The second-order valence-corrected chi connectivity index (χ2v) is 6.92. The Morgan fingerprint density at radius 1 is 0.958 bits per heavy atom. The predicted octanol–water partition coefficient (Wildman–Crippen LogP) is 5.66. The molecule has 4 rings (SSSR count). The van der Waals surface area contributed by atoms with Gasteiger partial charge in [-0.25, -0.2) is 4.98 Å². The van der Waals surface area contributed by atoms with Crippen molar-refractivity contribution in [3.8, 4) is 11.3 Å².